The molecule has 5 aromatic rings. The highest BCUT2D eigenvalue weighted by atomic mass is 15.2. The van der Waals surface area contributed by atoms with Gasteiger partial charge >= 0.3 is 0 Å². The second kappa shape index (κ2) is 7.76. The Hall–Kier alpha value is -3.72. The lowest BCUT2D eigenvalue weighted by atomic mass is 9.98. The van der Waals surface area contributed by atoms with Crippen molar-refractivity contribution in [2.24, 2.45) is 7.05 Å². The van der Waals surface area contributed by atoms with Crippen molar-refractivity contribution >= 4 is 11.0 Å². The van der Waals surface area contributed by atoms with Crippen LogP contribution in [0, 0.1) is 27.7 Å². The smallest absolute Gasteiger partial charge is 0.263 e. The van der Waals surface area contributed by atoms with Gasteiger partial charge < -0.3 is 0 Å². The van der Waals surface area contributed by atoms with E-state index >= 15 is 0 Å². The van der Waals surface area contributed by atoms with E-state index in [2.05, 4.69) is 116 Å². The number of pyridine rings is 1. The maximum Gasteiger partial charge on any atom is 0.296 e. The zero-order valence-corrected chi connectivity index (χ0v) is 19.3. The molecule has 5 rings (SSSR count). The molecule has 0 aliphatic carbocycles. The van der Waals surface area contributed by atoms with E-state index in [0.717, 1.165) is 11.4 Å². The Morgan fingerprint density at radius 1 is 0.719 bits per heavy atom. The summed E-state index contributed by atoms with van der Waals surface area (Å²) in [5.74, 6) is 1.15. The number of nitrogens with zero attached hydrogens (tertiary/aromatic N) is 3. The summed E-state index contributed by atoms with van der Waals surface area (Å²) in [6.07, 6.45) is 3.94. The van der Waals surface area contributed by atoms with Crippen LogP contribution in [0.2, 0.25) is 0 Å². The Morgan fingerprint density at radius 2 is 1.38 bits per heavy atom. The molecule has 3 heteroatoms. The third-order valence-corrected chi connectivity index (χ3v) is 6.54. The number of fused-ring (bicyclic) bond motifs is 1. The monoisotopic (exact) mass is 418 g/mol. The molecule has 0 N–H and O–H groups in total. The van der Waals surface area contributed by atoms with Gasteiger partial charge in [0.1, 0.15) is 5.69 Å². The van der Waals surface area contributed by atoms with Crippen LogP contribution in [-0.4, -0.2) is 9.55 Å². The van der Waals surface area contributed by atoms with Crippen molar-refractivity contribution < 1.29 is 4.57 Å². The fraction of sp³-hybridized carbons (Fsp3) is 0.172. The van der Waals surface area contributed by atoms with Crippen LogP contribution in [0.5, 0.6) is 0 Å². The first-order chi connectivity index (χ1) is 15.5. The minimum absolute atomic E-state index is 1.15. The number of aryl methyl sites for hydroxylation is 4. The van der Waals surface area contributed by atoms with Gasteiger partial charge in [0.25, 0.3) is 5.82 Å². The lowest BCUT2D eigenvalue weighted by Crippen LogP contribution is -2.30. The summed E-state index contributed by atoms with van der Waals surface area (Å²) >= 11 is 0. The van der Waals surface area contributed by atoms with Gasteiger partial charge in [-0.25, -0.2) is 4.57 Å². The highest BCUT2D eigenvalue weighted by Crippen LogP contribution is 2.34. The molecule has 158 valence electrons. The van der Waals surface area contributed by atoms with Gasteiger partial charge in [0.15, 0.2) is 11.0 Å². The van der Waals surface area contributed by atoms with Gasteiger partial charge in [-0.1, -0.05) is 42.5 Å². The number of imidazole rings is 1. The van der Waals surface area contributed by atoms with E-state index in [1.165, 1.54) is 50.1 Å². The molecule has 0 radical (unpaired) electrons. The second-order valence-electron chi connectivity index (χ2n) is 8.66. The summed E-state index contributed by atoms with van der Waals surface area (Å²) in [5.41, 5.74) is 12.3. The van der Waals surface area contributed by atoms with Crippen molar-refractivity contribution in [2.75, 3.05) is 0 Å². The zero-order chi connectivity index (χ0) is 22.4. The van der Waals surface area contributed by atoms with E-state index < -0.39 is 0 Å². The predicted molar refractivity (Wildman–Crippen MR) is 132 cm³/mol. The number of para-hydroxylation sites is 2. The van der Waals surface area contributed by atoms with E-state index in [4.69, 9.17) is 0 Å². The van der Waals surface area contributed by atoms with E-state index in [9.17, 15) is 0 Å². The molecule has 2 aromatic heterocycles. The Kier molecular flexibility index (Phi) is 4.90. The molecule has 2 heterocycles. The number of hydrogen-bond donors (Lipinski definition) is 0. The fourth-order valence-electron chi connectivity index (χ4n) is 4.80. The van der Waals surface area contributed by atoms with Crippen LogP contribution in [0.1, 0.15) is 22.3 Å². The van der Waals surface area contributed by atoms with Gasteiger partial charge in [0.2, 0.25) is 0 Å². The number of rotatable bonds is 3. The Labute approximate surface area is 189 Å². The van der Waals surface area contributed by atoms with E-state index in [0.29, 0.717) is 0 Å². The third kappa shape index (κ3) is 3.13. The first kappa shape index (κ1) is 20.2. The van der Waals surface area contributed by atoms with Crippen molar-refractivity contribution in [3.05, 3.63) is 101 Å². The van der Waals surface area contributed by atoms with Crippen LogP contribution in [0.15, 0.2) is 79.1 Å². The molecule has 0 unspecified atom stereocenters. The van der Waals surface area contributed by atoms with Gasteiger partial charge in [0.05, 0.1) is 12.6 Å². The molecule has 0 amide bonds. The lowest BCUT2D eigenvalue weighted by Gasteiger charge is -2.13. The third-order valence-electron chi connectivity index (χ3n) is 6.54. The van der Waals surface area contributed by atoms with E-state index in [1.807, 2.05) is 12.4 Å². The molecule has 3 nitrogen and oxygen atoms in total. The van der Waals surface area contributed by atoms with Crippen LogP contribution in [0.3, 0.4) is 0 Å². The van der Waals surface area contributed by atoms with Crippen LogP contribution < -0.4 is 4.57 Å². The average molecular weight is 419 g/mol. The minimum Gasteiger partial charge on any atom is -0.263 e. The Balaban J connectivity index is 1.85. The summed E-state index contributed by atoms with van der Waals surface area (Å²) in [6.45, 7) is 8.75. The molecule has 0 fully saturated rings. The highest BCUT2D eigenvalue weighted by Gasteiger charge is 2.29. The first-order valence-electron chi connectivity index (χ1n) is 11.1. The summed E-state index contributed by atoms with van der Waals surface area (Å²) in [5, 5.41) is 0. The van der Waals surface area contributed by atoms with Crippen LogP contribution in [0.4, 0.5) is 0 Å². The molecule has 3 aromatic carbocycles. The number of hydrogen-bond acceptors (Lipinski definition) is 1. The maximum atomic E-state index is 4.54. The predicted octanol–water partition coefficient (Wildman–Crippen LogP) is 6.42. The molecule has 0 spiro atoms. The molecule has 0 saturated heterocycles. The molecule has 0 bridgehead atoms. The molecular formula is C29H28N3+. The SMILES string of the molecule is Cc1cncc(-c2n(-c3c(C)cc(-c4ccccc4)cc3C)c3ccccc3[n+]2C)c1C. The summed E-state index contributed by atoms with van der Waals surface area (Å²) in [6, 6.07) is 23.8. The topological polar surface area (TPSA) is 21.7 Å². The molecule has 0 aliphatic heterocycles. The zero-order valence-electron chi connectivity index (χ0n) is 19.3. The highest BCUT2D eigenvalue weighted by molar-refractivity contribution is 5.81. The van der Waals surface area contributed by atoms with Crippen molar-refractivity contribution in [2.45, 2.75) is 27.7 Å². The van der Waals surface area contributed by atoms with Crippen LogP contribution >= 0.6 is 0 Å². The standard InChI is InChI=1S/C29H28N3/c1-19-15-24(23-11-7-6-8-12-23)16-20(2)28(19)32-27-14-10-9-13-26(27)31(5)29(32)25-18-30-17-21(3)22(25)4/h6-18H,1-5H3/q+1. The molecule has 0 atom stereocenters. The lowest BCUT2D eigenvalue weighted by molar-refractivity contribution is -0.633. The molecule has 0 aliphatic rings. The van der Waals surface area contributed by atoms with E-state index in [1.54, 1.807) is 0 Å². The molecular weight excluding hydrogens is 390 g/mol. The summed E-state index contributed by atoms with van der Waals surface area (Å²) < 4.78 is 4.71. The van der Waals surface area contributed by atoms with Crippen LogP contribution in [0.25, 0.3) is 39.2 Å². The number of aromatic nitrogens is 3. The normalized spacial score (nSPS) is 11.3. The van der Waals surface area contributed by atoms with Crippen molar-refractivity contribution in [3.63, 3.8) is 0 Å². The van der Waals surface area contributed by atoms with E-state index in [-0.39, 0.29) is 0 Å². The minimum atomic E-state index is 1.15. The molecule has 32 heavy (non-hydrogen) atoms. The summed E-state index contributed by atoms with van der Waals surface area (Å²) in [7, 11) is 2.15. The molecule has 0 saturated carbocycles. The van der Waals surface area contributed by atoms with Crippen molar-refractivity contribution in [3.8, 4) is 28.2 Å². The quantitative estimate of drug-likeness (QED) is 0.310. The Bertz CT molecular complexity index is 1440. The van der Waals surface area contributed by atoms with Gasteiger partial charge in [-0.15, -0.1) is 0 Å². The van der Waals surface area contributed by atoms with Crippen molar-refractivity contribution in [1.29, 1.82) is 0 Å². The number of benzene rings is 3. The second-order valence-corrected chi connectivity index (χ2v) is 8.66. The van der Waals surface area contributed by atoms with Gasteiger partial charge in [-0.3, -0.25) is 4.98 Å². The van der Waals surface area contributed by atoms with Gasteiger partial charge in [-0.05, 0) is 85.3 Å². The van der Waals surface area contributed by atoms with Crippen LogP contribution in [-0.2, 0) is 7.05 Å². The largest absolute Gasteiger partial charge is 0.296 e. The maximum absolute atomic E-state index is 4.54. The van der Waals surface area contributed by atoms with Crippen molar-refractivity contribution in [1.82, 2.24) is 9.55 Å². The first-order valence-corrected chi connectivity index (χ1v) is 11.1. The average Bonchev–Trinajstić information content (AvgIpc) is 3.08. The summed E-state index contributed by atoms with van der Waals surface area (Å²) in [4.78, 5) is 4.54. The Morgan fingerprint density at radius 3 is 2.09 bits per heavy atom. The fourth-order valence-corrected chi connectivity index (χ4v) is 4.80. The van der Waals surface area contributed by atoms with Gasteiger partial charge in [-0.2, -0.15) is 4.57 Å². The van der Waals surface area contributed by atoms with Gasteiger partial charge in [0, 0.05) is 12.4 Å².